The SMILES string of the molecule is CC1(C)c2ccccc2-c2ccc(-c3ccc4c(c3)c3ccccc3c3cccc(-c5nc(-c6ccccc6)cc(-c6ccccc6)n5)c34)cc21. The van der Waals surface area contributed by atoms with Crippen molar-refractivity contribution in [2.75, 3.05) is 0 Å². The zero-order valence-electron chi connectivity index (χ0n) is 28.6. The molecule has 1 heterocycles. The summed E-state index contributed by atoms with van der Waals surface area (Å²) in [6.45, 7) is 4.70. The quantitative estimate of drug-likeness (QED) is 0.177. The second kappa shape index (κ2) is 11.3. The fourth-order valence-corrected chi connectivity index (χ4v) is 8.34. The summed E-state index contributed by atoms with van der Waals surface area (Å²) in [6, 6.07) is 61.2. The standard InChI is InChI=1S/C49H34N2/c1-49(2)43-23-12-11-20-37(43)38-26-24-34(29-44(38)49)33-25-27-40-42(28-33)36-19-10-9-18-35(36)39-21-13-22-41(47(39)40)48-50-45(31-14-5-3-6-15-31)30-46(51-48)32-16-7-4-8-17-32/h3-30H,1-2H3. The molecule has 0 unspecified atom stereocenters. The predicted octanol–water partition coefficient (Wildman–Crippen LogP) is 12.9. The maximum Gasteiger partial charge on any atom is 0.161 e. The Bertz CT molecular complexity index is 2760. The van der Waals surface area contributed by atoms with Gasteiger partial charge in [0.25, 0.3) is 0 Å². The molecule has 0 bridgehead atoms. The van der Waals surface area contributed by atoms with Gasteiger partial charge in [0.2, 0.25) is 0 Å². The van der Waals surface area contributed by atoms with Gasteiger partial charge in [-0.25, -0.2) is 9.97 Å². The van der Waals surface area contributed by atoms with Crippen LogP contribution in [0.5, 0.6) is 0 Å². The Balaban J connectivity index is 1.21. The molecule has 240 valence electrons. The number of benzene rings is 8. The van der Waals surface area contributed by atoms with Crippen LogP contribution in [0.2, 0.25) is 0 Å². The van der Waals surface area contributed by atoms with E-state index in [9.17, 15) is 0 Å². The fourth-order valence-electron chi connectivity index (χ4n) is 8.34. The average molecular weight is 651 g/mol. The third-order valence-corrected chi connectivity index (χ3v) is 10.9. The first-order valence-electron chi connectivity index (χ1n) is 17.7. The number of rotatable bonds is 4. The molecule has 1 aliphatic rings. The summed E-state index contributed by atoms with van der Waals surface area (Å²) >= 11 is 0. The van der Waals surface area contributed by atoms with E-state index in [0.29, 0.717) is 0 Å². The third-order valence-electron chi connectivity index (χ3n) is 10.9. The van der Waals surface area contributed by atoms with E-state index in [2.05, 4.69) is 172 Å². The summed E-state index contributed by atoms with van der Waals surface area (Å²) in [4.78, 5) is 10.5. The number of aromatic nitrogens is 2. The molecule has 2 nitrogen and oxygen atoms in total. The van der Waals surface area contributed by atoms with E-state index in [4.69, 9.17) is 9.97 Å². The van der Waals surface area contributed by atoms with E-state index >= 15 is 0 Å². The van der Waals surface area contributed by atoms with Crippen LogP contribution in [0.15, 0.2) is 170 Å². The van der Waals surface area contributed by atoms with E-state index in [-0.39, 0.29) is 5.41 Å². The topological polar surface area (TPSA) is 25.8 Å². The summed E-state index contributed by atoms with van der Waals surface area (Å²) < 4.78 is 0. The largest absolute Gasteiger partial charge is 0.228 e. The van der Waals surface area contributed by atoms with Gasteiger partial charge in [0, 0.05) is 27.5 Å². The molecule has 0 fully saturated rings. The van der Waals surface area contributed by atoms with Gasteiger partial charge in [0.15, 0.2) is 5.82 Å². The molecule has 0 saturated heterocycles. The summed E-state index contributed by atoms with van der Waals surface area (Å²) in [5.74, 6) is 0.724. The number of fused-ring (bicyclic) bond motifs is 9. The van der Waals surface area contributed by atoms with Crippen molar-refractivity contribution in [3.63, 3.8) is 0 Å². The van der Waals surface area contributed by atoms with Gasteiger partial charge >= 0.3 is 0 Å². The van der Waals surface area contributed by atoms with Crippen molar-refractivity contribution in [2.45, 2.75) is 19.3 Å². The van der Waals surface area contributed by atoms with Crippen LogP contribution in [0.4, 0.5) is 0 Å². The molecule has 0 spiro atoms. The van der Waals surface area contributed by atoms with Gasteiger partial charge in [0.05, 0.1) is 11.4 Å². The Morgan fingerprint density at radius 3 is 1.61 bits per heavy atom. The van der Waals surface area contributed by atoms with Gasteiger partial charge in [-0.05, 0) is 78.5 Å². The molecule has 51 heavy (non-hydrogen) atoms. The zero-order chi connectivity index (χ0) is 34.1. The maximum atomic E-state index is 5.25. The van der Waals surface area contributed by atoms with E-state index in [0.717, 1.165) is 33.9 Å². The molecule has 10 rings (SSSR count). The van der Waals surface area contributed by atoms with Crippen molar-refractivity contribution in [3.8, 4) is 56.2 Å². The monoisotopic (exact) mass is 650 g/mol. The number of hydrogen-bond donors (Lipinski definition) is 0. The lowest BCUT2D eigenvalue weighted by Gasteiger charge is -2.22. The molecular formula is C49H34N2. The third kappa shape index (κ3) is 4.64. The minimum Gasteiger partial charge on any atom is -0.228 e. The Morgan fingerprint density at radius 2 is 0.882 bits per heavy atom. The molecule has 0 aliphatic heterocycles. The Kier molecular flexibility index (Phi) is 6.56. The van der Waals surface area contributed by atoms with Crippen LogP contribution in [0.1, 0.15) is 25.0 Å². The highest BCUT2D eigenvalue weighted by atomic mass is 14.9. The van der Waals surface area contributed by atoms with E-state index in [1.54, 1.807) is 0 Å². The van der Waals surface area contributed by atoms with Crippen LogP contribution in [-0.2, 0) is 5.41 Å². The molecule has 0 radical (unpaired) electrons. The Morgan fingerprint density at radius 1 is 0.353 bits per heavy atom. The van der Waals surface area contributed by atoms with Crippen molar-refractivity contribution in [1.29, 1.82) is 0 Å². The van der Waals surface area contributed by atoms with Crippen LogP contribution in [0.3, 0.4) is 0 Å². The van der Waals surface area contributed by atoms with E-state index < -0.39 is 0 Å². The van der Waals surface area contributed by atoms with Crippen LogP contribution in [0.25, 0.3) is 88.5 Å². The van der Waals surface area contributed by atoms with Crippen molar-refractivity contribution in [2.24, 2.45) is 0 Å². The van der Waals surface area contributed by atoms with Gasteiger partial charge in [-0.15, -0.1) is 0 Å². The highest BCUT2D eigenvalue weighted by molar-refractivity contribution is 6.28. The minimum atomic E-state index is -0.0521. The van der Waals surface area contributed by atoms with Crippen LogP contribution in [-0.4, -0.2) is 9.97 Å². The molecule has 9 aromatic rings. The van der Waals surface area contributed by atoms with E-state index in [1.807, 2.05) is 12.1 Å². The molecule has 8 aromatic carbocycles. The van der Waals surface area contributed by atoms with Crippen molar-refractivity contribution >= 4 is 32.3 Å². The maximum absolute atomic E-state index is 5.25. The average Bonchev–Trinajstić information content (AvgIpc) is 3.43. The fraction of sp³-hybridized carbons (Fsp3) is 0.0612. The summed E-state index contributed by atoms with van der Waals surface area (Å²) in [5.41, 5.74) is 12.9. The minimum absolute atomic E-state index is 0.0521. The molecule has 1 aromatic heterocycles. The lowest BCUT2D eigenvalue weighted by Crippen LogP contribution is -2.14. The summed E-state index contributed by atoms with van der Waals surface area (Å²) in [5, 5.41) is 7.28. The smallest absolute Gasteiger partial charge is 0.161 e. The van der Waals surface area contributed by atoms with Crippen LogP contribution in [0, 0.1) is 0 Å². The lowest BCUT2D eigenvalue weighted by atomic mass is 9.81. The highest BCUT2D eigenvalue weighted by Gasteiger charge is 2.35. The van der Waals surface area contributed by atoms with Gasteiger partial charge in [-0.1, -0.05) is 166 Å². The molecule has 0 saturated carbocycles. The first-order chi connectivity index (χ1) is 25.0. The Labute approximate surface area is 297 Å². The first kappa shape index (κ1) is 29.5. The molecule has 0 atom stereocenters. The summed E-state index contributed by atoms with van der Waals surface area (Å²) in [7, 11) is 0. The van der Waals surface area contributed by atoms with Crippen LogP contribution < -0.4 is 0 Å². The Hall–Kier alpha value is -6.38. The molecule has 0 N–H and O–H groups in total. The molecule has 0 amide bonds. The normalized spacial score (nSPS) is 13.1. The first-order valence-corrected chi connectivity index (χ1v) is 17.7. The van der Waals surface area contributed by atoms with Gasteiger partial charge in [-0.3, -0.25) is 0 Å². The predicted molar refractivity (Wildman–Crippen MR) is 214 cm³/mol. The van der Waals surface area contributed by atoms with E-state index in [1.165, 1.54) is 65.7 Å². The second-order valence-corrected chi connectivity index (χ2v) is 14.2. The van der Waals surface area contributed by atoms with Crippen molar-refractivity contribution in [1.82, 2.24) is 9.97 Å². The zero-order valence-corrected chi connectivity index (χ0v) is 28.6. The van der Waals surface area contributed by atoms with Crippen molar-refractivity contribution < 1.29 is 0 Å². The molecule has 2 heteroatoms. The highest BCUT2D eigenvalue weighted by Crippen LogP contribution is 2.50. The number of hydrogen-bond acceptors (Lipinski definition) is 2. The lowest BCUT2D eigenvalue weighted by molar-refractivity contribution is 0.660. The van der Waals surface area contributed by atoms with Crippen molar-refractivity contribution in [3.05, 3.63) is 181 Å². The van der Waals surface area contributed by atoms with Gasteiger partial charge in [0.1, 0.15) is 0 Å². The molecular weight excluding hydrogens is 617 g/mol. The van der Waals surface area contributed by atoms with Gasteiger partial charge < -0.3 is 0 Å². The molecule has 1 aliphatic carbocycles. The number of nitrogens with zero attached hydrogens (tertiary/aromatic N) is 2. The van der Waals surface area contributed by atoms with Crippen LogP contribution >= 0.6 is 0 Å². The van der Waals surface area contributed by atoms with Gasteiger partial charge in [-0.2, -0.15) is 0 Å². The second-order valence-electron chi connectivity index (χ2n) is 14.2. The summed E-state index contributed by atoms with van der Waals surface area (Å²) in [6.07, 6.45) is 0.